The Morgan fingerprint density at radius 3 is 2.37 bits per heavy atom. The van der Waals surface area contributed by atoms with Crippen molar-refractivity contribution < 1.29 is 18.9 Å². The summed E-state index contributed by atoms with van der Waals surface area (Å²) < 4.78 is 24.7. The van der Waals surface area contributed by atoms with Crippen LogP contribution in [0.3, 0.4) is 0 Å². The molecule has 7 heterocycles. The van der Waals surface area contributed by atoms with Crippen LogP contribution < -0.4 is 36.6 Å². The first-order valence-electron chi connectivity index (χ1n) is 25.0. The topological polar surface area (TPSA) is 172 Å². The molecule has 1 saturated carbocycles. The van der Waals surface area contributed by atoms with Crippen LogP contribution >= 0.6 is 23.1 Å². The third-order valence-electron chi connectivity index (χ3n) is 15.3. The normalized spacial score (nSPS) is 20.3. The van der Waals surface area contributed by atoms with Crippen LogP contribution in [-0.2, 0) is 20.6 Å². The van der Waals surface area contributed by atoms with Gasteiger partial charge in [0.15, 0.2) is 0 Å². The molecule has 5 fully saturated rings. The Labute approximate surface area is 416 Å². The molecular formula is C52H61BrN11O5P. The number of hydrogen-bond donors (Lipinski definition) is 3. The fourth-order valence-electron chi connectivity index (χ4n) is 11.5. The molecule has 366 valence electrons. The van der Waals surface area contributed by atoms with Crippen molar-refractivity contribution in [2.24, 2.45) is 0 Å². The van der Waals surface area contributed by atoms with Gasteiger partial charge in [-0.25, -0.2) is 9.78 Å². The molecule has 3 aromatic carbocycles. The predicted molar refractivity (Wildman–Crippen MR) is 280 cm³/mol. The maximum atomic E-state index is 14.5. The van der Waals surface area contributed by atoms with E-state index < -0.39 is 19.1 Å². The van der Waals surface area contributed by atoms with E-state index in [9.17, 15) is 18.9 Å². The summed E-state index contributed by atoms with van der Waals surface area (Å²) in [6.07, 6.45) is 10.5. The number of nitrogens with zero attached hydrogens (tertiary/aromatic N) is 8. The van der Waals surface area contributed by atoms with Crippen molar-refractivity contribution in [2.45, 2.75) is 89.8 Å². The second kappa shape index (κ2) is 19.2. The Morgan fingerprint density at radius 2 is 1.63 bits per heavy atom. The summed E-state index contributed by atoms with van der Waals surface area (Å²) in [5.74, 6) is 1.01. The van der Waals surface area contributed by atoms with Crippen molar-refractivity contribution >= 4 is 91.0 Å². The van der Waals surface area contributed by atoms with E-state index in [2.05, 4.69) is 82.8 Å². The zero-order chi connectivity index (χ0) is 48.3. The molecule has 16 nitrogen and oxygen atoms in total. The SMILES string of the molecule is COc1cc(N2CCC(N3CCN(CCc4cccc5c4n(C4CC4)c(=O)n5C4CCC(=O)NC4=O)CC3)CC2)c(C)cc1Nc1ncc(Br)c(Nc2ccc3nc(C)ccc3c2P2(=O)CCCC2)n1. The molecule has 11 rings (SSSR count). The van der Waals surface area contributed by atoms with Crippen molar-refractivity contribution in [1.29, 1.82) is 0 Å². The van der Waals surface area contributed by atoms with Crippen molar-refractivity contribution in [3.05, 3.63) is 92.6 Å². The zero-order valence-corrected chi connectivity index (χ0v) is 42.7. The molecule has 0 spiro atoms. The second-order valence-corrected chi connectivity index (χ2v) is 23.8. The number of para-hydroxylation sites is 1. The Kier molecular flexibility index (Phi) is 12.8. The number of pyridine rings is 1. The number of rotatable bonds is 13. The highest BCUT2D eigenvalue weighted by molar-refractivity contribution is 9.10. The van der Waals surface area contributed by atoms with Gasteiger partial charge in [-0.2, -0.15) is 4.98 Å². The summed E-state index contributed by atoms with van der Waals surface area (Å²) in [5, 5.41) is 11.2. The fraction of sp³-hybridized carbons (Fsp3) is 0.462. The minimum atomic E-state index is -2.63. The molecular weight excluding hydrogens is 970 g/mol. The first-order chi connectivity index (χ1) is 33.9. The van der Waals surface area contributed by atoms with Crippen LogP contribution in [0.25, 0.3) is 21.9 Å². The molecule has 70 heavy (non-hydrogen) atoms. The lowest BCUT2D eigenvalue weighted by atomic mass is 10.00. The number of fused-ring (bicyclic) bond motifs is 2. The molecule has 3 N–H and O–H groups in total. The number of nitrogens with one attached hydrogen (secondary N) is 3. The highest BCUT2D eigenvalue weighted by atomic mass is 79.9. The lowest BCUT2D eigenvalue weighted by Crippen LogP contribution is -2.53. The number of carbonyl (C=O) groups is 2. The number of methoxy groups -OCH3 is 1. The fourth-order valence-corrected chi connectivity index (χ4v) is 15.1. The van der Waals surface area contributed by atoms with E-state index in [-0.39, 0.29) is 24.1 Å². The van der Waals surface area contributed by atoms with Crippen LogP contribution in [0.2, 0.25) is 0 Å². The van der Waals surface area contributed by atoms with E-state index in [0.29, 0.717) is 46.8 Å². The number of hydrogen-bond acceptors (Lipinski definition) is 13. The van der Waals surface area contributed by atoms with Gasteiger partial charge < -0.3 is 29.7 Å². The summed E-state index contributed by atoms with van der Waals surface area (Å²) >= 11 is 3.67. The van der Waals surface area contributed by atoms with Crippen molar-refractivity contribution in [2.75, 3.05) is 80.8 Å². The van der Waals surface area contributed by atoms with Crippen LogP contribution in [0, 0.1) is 13.8 Å². The number of piperazine rings is 1. The first kappa shape index (κ1) is 46.8. The molecule has 4 saturated heterocycles. The van der Waals surface area contributed by atoms with Gasteiger partial charge in [0, 0.05) is 111 Å². The maximum absolute atomic E-state index is 14.5. The van der Waals surface area contributed by atoms with Crippen LogP contribution in [0.1, 0.15) is 80.3 Å². The molecule has 3 aromatic heterocycles. The average molecular weight is 1030 g/mol. The highest BCUT2D eigenvalue weighted by Crippen LogP contribution is 2.54. The Balaban J connectivity index is 0.717. The van der Waals surface area contributed by atoms with Gasteiger partial charge in [0.25, 0.3) is 0 Å². The zero-order valence-electron chi connectivity index (χ0n) is 40.2. The number of aromatic nitrogens is 5. The summed E-state index contributed by atoms with van der Waals surface area (Å²) in [6.45, 7) is 11.0. The van der Waals surface area contributed by atoms with Crippen molar-refractivity contribution in [3.8, 4) is 5.75 Å². The average Bonchev–Trinajstić information content (AvgIpc) is 4.02. The minimum Gasteiger partial charge on any atom is -0.494 e. The number of imide groups is 1. The van der Waals surface area contributed by atoms with Gasteiger partial charge in [0.2, 0.25) is 17.8 Å². The van der Waals surface area contributed by atoms with Crippen molar-refractivity contribution in [1.82, 2.24) is 39.2 Å². The van der Waals surface area contributed by atoms with E-state index in [0.717, 1.165) is 152 Å². The van der Waals surface area contributed by atoms with E-state index in [1.54, 1.807) is 17.9 Å². The van der Waals surface area contributed by atoms with Crippen LogP contribution in [0.15, 0.2) is 70.1 Å². The van der Waals surface area contributed by atoms with E-state index in [1.165, 1.54) is 0 Å². The number of imidazole rings is 1. The molecule has 1 unspecified atom stereocenters. The molecule has 6 aromatic rings. The van der Waals surface area contributed by atoms with E-state index in [1.807, 2.05) is 41.8 Å². The quantitative estimate of drug-likeness (QED) is 0.0753. The minimum absolute atomic E-state index is 0.140. The van der Waals surface area contributed by atoms with Gasteiger partial charge in [0.05, 0.1) is 39.5 Å². The molecule has 4 aliphatic heterocycles. The van der Waals surface area contributed by atoms with Crippen LogP contribution in [0.5, 0.6) is 5.75 Å². The molecule has 0 bridgehead atoms. The largest absolute Gasteiger partial charge is 0.494 e. The van der Waals surface area contributed by atoms with Crippen LogP contribution in [-0.4, -0.2) is 117 Å². The van der Waals surface area contributed by atoms with E-state index >= 15 is 0 Å². The van der Waals surface area contributed by atoms with Crippen LogP contribution in [0.4, 0.5) is 28.8 Å². The summed E-state index contributed by atoms with van der Waals surface area (Å²) in [7, 11) is -0.942. The number of halogens is 1. The van der Waals surface area contributed by atoms with E-state index in [4.69, 9.17) is 14.7 Å². The second-order valence-electron chi connectivity index (χ2n) is 19.9. The standard InChI is InChI=1S/C52H61BrN11O5P/c1-32-29-41(57-51-54-31-38(53)49(59-51)56-40-14-13-39-37(12-9-33(2)55-39)48(40)70(68)27-4-5-28-70)45(69-3)30-44(32)62-21-18-35(19-22-62)61-25-23-60(24-26-61)20-17-34-7-6-8-42-47(34)63(36-10-11-36)52(67)64(42)43-15-16-46(65)58-50(43)66/h6-9,12-14,29-31,35-36,43H,4-5,10-11,15-28H2,1-3H3,(H,58,65,66)(H2,54,56,57,59). The molecule has 5 aliphatic rings. The van der Waals surface area contributed by atoms with Gasteiger partial charge in [-0.05, 0) is 123 Å². The third kappa shape index (κ3) is 9.03. The molecule has 0 radical (unpaired) electrons. The molecule has 1 aliphatic carbocycles. The summed E-state index contributed by atoms with van der Waals surface area (Å²) in [5.41, 5.74) is 8.36. The smallest absolute Gasteiger partial charge is 0.330 e. The monoisotopic (exact) mass is 1030 g/mol. The number of anilines is 5. The van der Waals surface area contributed by atoms with Gasteiger partial charge in [-0.3, -0.25) is 33.9 Å². The number of benzene rings is 3. The Hall–Kier alpha value is -5.61. The Bertz CT molecular complexity index is 3130. The predicted octanol–water partition coefficient (Wildman–Crippen LogP) is 7.94. The number of piperidine rings is 2. The first-order valence-corrected chi connectivity index (χ1v) is 27.9. The molecule has 1 atom stereocenters. The lowest BCUT2D eigenvalue weighted by molar-refractivity contribution is -0.135. The van der Waals surface area contributed by atoms with Gasteiger partial charge in [0.1, 0.15) is 24.8 Å². The molecule has 2 amide bonds. The number of aryl methyl sites for hydroxylation is 2. The van der Waals surface area contributed by atoms with Gasteiger partial charge in [-0.1, -0.05) is 18.2 Å². The molecule has 18 heteroatoms. The van der Waals surface area contributed by atoms with Crippen molar-refractivity contribution in [3.63, 3.8) is 0 Å². The Morgan fingerprint density at radius 1 is 0.843 bits per heavy atom. The number of carbonyl (C=O) groups excluding carboxylic acids is 2. The highest BCUT2D eigenvalue weighted by Gasteiger charge is 2.37. The van der Waals surface area contributed by atoms with Gasteiger partial charge in [-0.15, -0.1) is 0 Å². The number of ether oxygens (including phenoxy) is 1. The maximum Gasteiger partial charge on any atom is 0.330 e. The number of amides is 2. The lowest BCUT2D eigenvalue weighted by Gasteiger charge is -2.43. The third-order valence-corrected chi connectivity index (χ3v) is 19.3. The summed E-state index contributed by atoms with van der Waals surface area (Å²) in [4.78, 5) is 60.7. The summed E-state index contributed by atoms with van der Waals surface area (Å²) in [6, 6.07) is 18.3. The van der Waals surface area contributed by atoms with Gasteiger partial charge >= 0.3 is 5.69 Å².